The Kier molecular flexibility index (Phi) is 5.62. The van der Waals surface area contributed by atoms with Crippen molar-refractivity contribution in [2.75, 3.05) is 20.8 Å². The summed E-state index contributed by atoms with van der Waals surface area (Å²) in [4.78, 5) is 13.8. The van der Waals surface area contributed by atoms with Gasteiger partial charge in [0.1, 0.15) is 11.4 Å². The number of furan rings is 1. The van der Waals surface area contributed by atoms with E-state index in [9.17, 15) is 4.79 Å². The van der Waals surface area contributed by atoms with Gasteiger partial charge >= 0.3 is 6.09 Å². The van der Waals surface area contributed by atoms with E-state index in [4.69, 9.17) is 13.9 Å². The van der Waals surface area contributed by atoms with Crippen molar-refractivity contribution in [2.24, 2.45) is 5.92 Å². The van der Waals surface area contributed by atoms with E-state index in [2.05, 4.69) is 0 Å². The quantitative estimate of drug-likeness (QED) is 0.830. The van der Waals surface area contributed by atoms with Crippen molar-refractivity contribution < 1.29 is 18.7 Å². The Balaban J connectivity index is 2.90. The lowest BCUT2D eigenvalue weighted by molar-refractivity contribution is 0.00804. The molecule has 0 unspecified atom stereocenters. The fourth-order valence-electron chi connectivity index (χ4n) is 2.11. The highest BCUT2D eigenvalue weighted by Crippen LogP contribution is 2.29. The van der Waals surface area contributed by atoms with Gasteiger partial charge in [-0.3, -0.25) is 0 Å². The van der Waals surface area contributed by atoms with Crippen LogP contribution >= 0.6 is 0 Å². The second-order valence-electron chi connectivity index (χ2n) is 5.98. The molecule has 0 bridgehead atoms. The Morgan fingerprint density at radius 2 is 2.10 bits per heavy atom. The molecule has 0 aromatic carbocycles. The first-order chi connectivity index (χ1) is 9.26. The number of carbonyl (C=O) groups excluding carboxylic acids is 1. The SMILES string of the molecule is COC[C@H](C)[C@@H](c1ccco1)N(C)C(=O)OC(C)(C)C. The molecule has 0 aliphatic carbocycles. The van der Waals surface area contributed by atoms with E-state index < -0.39 is 5.60 Å². The van der Waals surface area contributed by atoms with Crippen LogP contribution in [-0.2, 0) is 9.47 Å². The Morgan fingerprint density at radius 1 is 1.45 bits per heavy atom. The molecule has 1 heterocycles. The fourth-order valence-corrected chi connectivity index (χ4v) is 2.11. The normalized spacial score (nSPS) is 14.7. The van der Waals surface area contributed by atoms with Gasteiger partial charge in [0.2, 0.25) is 0 Å². The molecule has 0 fully saturated rings. The topological polar surface area (TPSA) is 51.9 Å². The minimum Gasteiger partial charge on any atom is -0.467 e. The monoisotopic (exact) mass is 283 g/mol. The number of hydrogen-bond donors (Lipinski definition) is 0. The van der Waals surface area contributed by atoms with Gasteiger partial charge in [-0.05, 0) is 32.9 Å². The number of rotatable bonds is 5. The standard InChI is InChI=1S/C15H25NO4/c1-11(10-18-6)13(12-8-7-9-19-12)16(5)14(17)20-15(2,3)4/h7-9,11,13H,10H2,1-6H3/t11-,13-/m0/s1. The van der Waals surface area contributed by atoms with Crippen LogP contribution in [0.1, 0.15) is 39.5 Å². The maximum absolute atomic E-state index is 12.2. The predicted octanol–water partition coefficient (Wildman–Crippen LogP) is 3.47. The zero-order chi connectivity index (χ0) is 15.3. The number of carbonyl (C=O) groups is 1. The van der Waals surface area contributed by atoms with E-state index in [1.807, 2.05) is 39.8 Å². The first-order valence-electron chi connectivity index (χ1n) is 6.74. The van der Waals surface area contributed by atoms with Gasteiger partial charge in [-0.1, -0.05) is 6.92 Å². The molecule has 2 atom stereocenters. The van der Waals surface area contributed by atoms with Crippen LogP contribution in [0.15, 0.2) is 22.8 Å². The van der Waals surface area contributed by atoms with E-state index in [1.54, 1.807) is 25.3 Å². The molecule has 1 rings (SSSR count). The lowest BCUT2D eigenvalue weighted by atomic mass is 9.99. The first kappa shape index (κ1) is 16.6. The zero-order valence-corrected chi connectivity index (χ0v) is 13.2. The maximum Gasteiger partial charge on any atom is 0.410 e. The molecule has 0 aliphatic rings. The number of hydrogen-bond acceptors (Lipinski definition) is 4. The van der Waals surface area contributed by atoms with Crippen molar-refractivity contribution in [3.63, 3.8) is 0 Å². The molecule has 20 heavy (non-hydrogen) atoms. The third kappa shape index (κ3) is 4.56. The lowest BCUT2D eigenvalue weighted by Gasteiger charge is -2.32. The summed E-state index contributed by atoms with van der Waals surface area (Å²) in [6, 6.07) is 3.45. The van der Waals surface area contributed by atoms with Crippen LogP contribution in [0, 0.1) is 5.92 Å². The molecule has 1 amide bonds. The van der Waals surface area contributed by atoms with Gasteiger partial charge in [-0.25, -0.2) is 4.79 Å². The molecule has 114 valence electrons. The van der Waals surface area contributed by atoms with Gasteiger partial charge in [0.25, 0.3) is 0 Å². The Bertz CT molecular complexity index is 408. The molecule has 0 aliphatic heterocycles. The van der Waals surface area contributed by atoms with Crippen molar-refractivity contribution in [3.8, 4) is 0 Å². The molecule has 0 radical (unpaired) electrons. The zero-order valence-electron chi connectivity index (χ0n) is 13.2. The van der Waals surface area contributed by atoms with Gasteiger partial charge in [0.05, 0.1) is 18.9 Å². The second-order valence-corrected chi connectivity index (χ2v) is 5.98. The summed E-state index contributed by atoms with van der Waals surface area (Å²) in [5.74, 6) is 0.812. The van der Waals surface area contributed by atoms with Crippen LogP contribution in [0.4, 0.5) is 4.79 Å². The largest absolute Gasteiger partial charge is 0.467 e. The molecular formula is C15H25NO4. The van der Waals surface area contributed by atoms with Crippen molar-refractivity contribution in [2.45, 2.75) is 39.3 Å². The summed E-state index contributed by atoms with van der Waals surface area (Å²) >= 11 is 0. The molecule has 5 nitrogen and oxygen atoms in total. The highest BCUT2D eigenvalue weighted by atomic mass is 16.6. The van der Waals surface area contributed by atoms with Gasteiger partial charge in [0.15, 0.2) is 0 Å². The summed E-state index contributed by atoms with van der Waals surface area (Å²) in [7, 11) is 3.36. The lowest BCUT2D eigenvalue weighted by Crippen LogP contribution is -2.39. The van der Waals surface area contributed by atoms with Gasteiger partial charge in [0, 0.05) is 20.1 Å². The van der Waals surface area contributed by atoms with Gasteiger partial charge in [-0.15, -0.1) is 0 Å². The van der Waals surface area contributed by atoms with Crippen LogP contribution in [-0.4, -0.2) is 37.4 Å². The van der Waals surface area contributed by atoms with Crippen LogP contribution in [0.3, 0.4) is 0 Å². The Morgan fingerprint density at radius 3 is 2.55 bits per heavy atom. The number of amides is 1. The van der Waals surface area contributed by atoms with E-state index in [0.29, 0.717) is 6.61 Å². The van der Waals surface area contributed by atoms with Crippen molar-refractivity contribution in [3.05, 3.63) is 24.2 Å². The van der Waals surface area contributed by atoms with E-state index in [1.165, 1.54) is 0 Å². The molecule has 5 heteroatoms. The van der Waals surface area contributed by atoms with Crippen LogP contribution in [0.25, 0.3) is 0 Å². The molecule has 1 aromatic rings. The summed E-state index contributed by atoms with van der Waals surface area (Å²) < 4.78 is 16.1. The van der Waals surface area contributed by atoms with Gasteiger partial charge in [-0.2, -0.15) is 0 Å². The van der Waals surface area contributed by atoms with Gasteiger partial charge < -0.3 is 18.8 Å². The molecule has 0 saturated heterocycles. The van der Waals surface area contributed by atoms with Crippen molar-refractivity contribution in [1.29, 1.82) is 0 Å². The third-order valence-electron chi connectivity index (χ3n) is 2.90. The van der Waals surface area contributed by atoms with Crippen LogP contribution in [0.2, 0.25) is 0 Å². The van der Waals surface area contributed by atoms with Crippen molar-refractivity contribution >= 4 is 6.09 Å². The maximum atomic E-state index is 12.2. The Hall–Kier alpha value is -1.49. The highest BCUT2D eigenvalue weighted by molar-refractivity contribution is 5.68. The Labute approximate surface area is 120 Å². The average molecular weight is 283 g/mol. The molecule has 0 spiro atoms. The van der Waals surface area contributed by atoms with E-state index in [-0.39, 0.29) is 18.1 Å². The van der Waals surface area contributed by atoms with Crippen LogP contribution in [0.5, 0.6) is 0 Å². The first-order valence-corrected chi connectivity index (χ1v) is 6.74. The predicted molar refractivity (Wildman–Crippen MR) is 76.5 cm³/mol. The molecular weight excluding hydrogens is 258 g/mol. The average Bonchev–Trinajstić information content (AvgIpc) is 2.80. The fraction of sp³-hybridized carbons (Fsp3) is 0.667. The molecule has 0 saturated carbocycles. The summed E-state index contributed by atoms with van der Waals surface area (Å²) in [5, 5.41) is 0. The minimum atomic E-state index is -0.524. The van der Waals surface area contributed by atoms with Crippen LogP contribution < -0.4 is 0 Å². The number of methoxy groups -OCH3 is 1. The highest BCUT2D eigenvalue weighted by Gasteiger charge is 2.32. The second kappa shape index (κ2) is 6.79. The molecule has 1 aromatic heterocycles. The summed E-state index contributed by atoms with van der Waals surface area (Å²) in [6.45, 7) is 8.08. The summed E-state index contributed by atoms with van der Waals surface area (Å²) in [5.41, 5.74) is -0.524. The van der Waals surface area contributed by atoms with Crippen molar-refractivity contribution in [1.82, 2.24) is 4.90 Å². The summed E-state index contributed by atoms with van der Waals surface area (Å²) in [6.07, 6.45) is 1.23. The number of ether oxygens (including phenoxy) is 2. The third-order valence-corrected chi connectivity index (χ3v) is 2.90. The van der Waals surface area contributed by atoms with E-state index in [0.717, 1.165) is 5.76 Å². The smallest absolute Gasteiger partial charge is 0.410 e. The molecule has 0 N–H and O–H groups in total. The number of nitrogens with zero attached hydrogens (tertiary/aromatic N) is 1. The minimum absolute atomic E-state index is 0.0867. The van der Waals surface area contributed by atoms with E-state index >= 15 is 0 Å².